The second-order valence-electron chi connectivity index (χ2n) is 11.5. The van der Waals surface area contributed by atoms with E-state index < -0.39 is 36.1 Å². The van der Waals surface area contributed by atoms with Crippen LogP contribution in [0.1, 0.15) is 65.7 Å². The zero-order valence-electron chi connectivity index (χ0n) is 21.5. The quantitative estimate of drug-likeness (QED) is 0.267. The summed E-state index contributed by atoms with van der Waals surface area (Å²) in [7, 11) is 0. The van der Waals surface area contributed by atoms with E-state index in [9.17, 15) is 41.7 Å². The minimum Gasteiger partial charge on any atom is -0.393 e. The van der Waals surface area contributed by atoms with Crippen LogP contribution in [0.15, 0.2) is 47.6 Å². The molecule has 37 heavy (non-hydrogen) atoms. The second kappa shape index (κ2) is 10.5. The number of allylic oxidation sites excluding steroid dienone is 4. The van der Waals surface area contributed by atoms with E-state index in [0.717, 1.165) is 50.7 Å². The van der Waals surface area contributed by atoms with E-state index in [1.54, 1.807) is 0 Å². The van der Waals surface area contributed by atoms with Crippen molar-refractivity contribution in [2.24, 2.45) is 29.1 Å². The van der Waals surface area contributed by atoms with E-state index in [1.807, 2.05) is 19.1 Å². The topological polar surface area (TPSA) is 60.7 Å². The minimum absolute atomic E-state index is 0.0652. The normalized spacial score (nSPS) is 35.8. The first kappa shape index (κ1) is 30.0. The maximum absolute atomic E-state index is 13.2. The highest BCUT2D eigenvalue weighted by Gasteiger charge is 2.72. The lowest BCUT2D eigenvalue weighted by Gasteiger charge is -2.44. The molecule has 0 bridgehead atoms. The van der Waals surface area contributed by atoms with Gasteiger partial charge < -0.3 is 15.3 Å². The SMILES string of the molecule is C=C1/C(=C\C=C2/CCC[C@]3(C)[C@@H]([C@H](C)/C=C/[C@@H](C)C(O)(C(F)(F)F)C(F)(F)F)CC[C@@H]23)C[C@@H](O)C[C@@H]1O. The molecule has 0 heterocycles. The molecule has 3 fully saturated rings. The molecule has 0 saturated heterocycles. The molecule has 9 heteroatoms. The average Bonchev–Trinajstić information content (AvgIpc) is 3.14. The predicted octanol–water partition coefficient (Wildman–Crippen LogP) is 6.81. The standard InChI is InChI=1S/C28H38F6O3/c1-16(7-8-17(2)26(37,27(29,30)31)28(32,33)34)22-11-12-23-19(6-5-13-25(22,23)4)9-10-20-14-21(35)15-24(36)18(20)3/h7-10,16-17,21-24,35-37H,3,5-6,11-15H2,1-2,4H3/b8-7+,19-9+,20-10-/t16-,17-,21-,22-,23+,24+,25-/m1/s1. The second-order valence-corrected chi connectivity index (χ2v) is 11.5. The lowest BCUT2D eigenvalue weighted by atomic mass is 9.61. The number of halogens is 6. The highest BCUT2D eigenvalue weighted by atomic mass is 19.4. The monoisotopic (exact) mass is 536 g/mol. The van der Waals surface area contributed by atoms with Crippen molar-refractivity contribution in [3.63, 3.8) is 0 Å². The Morgan fingerprint density at radius 3 is 2.22 bits per heavy atom. The fourth-order valence-electron chi connectivity index (χ4n) is 6.90. The maximum atomic E-state index is 13.2. The first-order chi connectivity index (χ1) is 16.9. The summed E-state index contributed by atoms with van der Waals surface area (Å²) in [4.78, 5) is 0. The Morgan fingerprint density at radius 1 is 1.00 bits per heavy atom. The maximum Gasteiger partial charge on any atom is 0.426 e. The molecule has 3 N–H and O–H groups in total. The fraction of sp³-hybridized carbons (Fsp3) is 0.714. The number of hydrogen-bond donors (Lipinski definition) is 3. The van der Waals surface area contributed by atoms with Crippen molar-refractivity contribution in [3.05, 3.63) is 47.6 Å². The molecule has 0 unspecified atom stereocenters. The highest BCUT2D eigenvalue weighted by Crippen LogP contribution is 2.59. The van der Waals surface area contributed by atoms with Gasteiger partial charge in [-0.1, -0.05) is 57.2 Å². The van der Waals surface area contributed by atoms with Crippen LogP contribution < -0.4 is 0 Å². The van der Waals surface area contributed by atoms with Gasteiger partial charge in [0.2, 0.25) is 0 Å². The molecule has 3 rings (SSSR count). The van der Waals surface area contributed by atoms with Crippen LogP contribution in [0, 0.1) is 29.1 Å². The number of hydrogen-bond acceptors (Lipinski definition) is 3. The van der Waals surface area contributed by atoms with Crippen molar-refractivity contribution in [1.82, 2.24) is 0 Å². The van der Waals surface area contributed by atoms with Crippen molar-refractivity contribution in [2.45, 2.75) is 95.9 Å². The van der Waals surface area contributed by atoms with Crippen LogP contribution in [0.3, 0.4) is 0 Å². The molecule has 7 atom stereocenters. The van der Waals surface area contributed by atoms with Crippen LogP contribution in [0.5, 0.6) is 0 Å². The summed E-state index contributed by atoms with van der Waals surface area (Å²) in [6.45, 7) is 8.66. The Kier molecular flexibility index (Phi) is 8.53. The van der Waals surface area contributed by atoms with Crippen LogP contribution in [0.4, 0.5) is 26.3 Å². The van der Waals surface area contributed by atoms with Gasteiger partial charge in [-0.3, -0.25) is 0 Å². The number of fused-ring (bicyclic) bond motifs is 1. The van der Waals surface area contributed by atoms with E-state index in [0.29, 0.717) is 12.0 Å². The molecular weight excluding hydrogens is 498 g/mol. The molecule has 0 aromatic carbocycles. The van der Waals surface area contributed by atoms with Gasteiger partial charge in [0.25, 0.3) is 5.60 Å². The Labute approximate surface area is 214 Å². The average molecular weight is 537 g/mol. The summed E-state index contributed by atoms with van der Waals surface area (Å²) >= 11 is 0. The Hall–Kier alpha value is -1.58. The fourth-order valence-corrected chi connectivity index (χ4v) is 6.90. The third-order valence-corrected chi connectivity index (χ3v) is 9.16. The zero-order chi connectivity index (χ0) is 28.0. The zero-order valence-corrected chi connectivity index (χ0v) is 21.5. The molecule has 0 aliphatic heterocycles. The lowest BCUT2D eigenvalue weighted by molar-refractivity contribution is -0.378. The van der Waals surface area contributed by atoms with Gasteiger partial charge in [-0.25, -0.2) is 0 Å². The third kappa shape index (κ3) is 5.59. The van der Waals surface area contributed by atoms with E-state index in [2.05, 4.69) is 13.5 Å². The first-order valence-corrected chi connectivity index (χ1v) is 12.9. The van der Waals surface area contributed by atoms with Gasteiger partial charge in [-0.15, -0.1) is 0 Å². The third-order valence-electron chi connectivity index (χ3n) is 9.16. The van der Waals surface area contributed by atoms with Crippen LogP contribution in [0.2, 0.25) is 0 Å². The van der Waals surface area contributed by atoms with Crippen LogP contribution >= 0.6 is 0 Å². The molecule has 0 spiro atoms. The number of aliphatic hydroxyl groups is 3. The first-order valence-electron chi connectivity index (χ1n) is 12.9. The van der Waals surface area contributed by atoms with Gasteiger partial charge >= 0.3 is 12.4 Å². The summed E-state index contributed by atoms with van der Waals surface area (Å²) in [6.07, 6.45) is -1.81. The van der Waals surface area contributed by atoms with Crippen molar-refractivity contribution in [3.8, 4) is 0 Å². The van der Waals surface area contributed by atoms with Crippen LogP contribution in [-0.4, -0.2) is 45.5 Å². The van der Waals surface area contributed by atoms with Gasteiger partial charge in [-0.05, 0) is 72.8 Å². The van der Waals surface area contributed by atoms with Crippen molar-refractivity contribution >= 4 is 0 Å². The Bertz CT molecular complexity index is 933. The predicted molar refractivity (Wildman–Crippen MR) is 129 cm³/mol. The molecule has 0 radical (unpaired) electrons. The van der Waals surface area contributed by atoms with Gasteiger partial charge in [0.05, 0.1) is 12.2 Å². The Balaban J connectivity index is 1.79. The smallest absolute Gasteiger partial charge is 0.393 e. The molecule has 210 valence electrons. The summed E-state index contributed by atoms with van der Waals surface area (Å²) in [5.41, 5.74) is -2.32. The highest BCUT2D eigenvalue weighted by molar-refractivity contribution is 5.38. The van der Waals surface area contributed by atoms with Crippen molar-refractivity contribution < 1.29 is 41.7 Å². The molecule has 0 aromatic heterocycles. The van der Waals surface area contributed by atoms with Gasteiger partial charge in [0.1, 0.15) is 0 Å². The van der Waals surface area contributed by atoms with Crippen molar-refractivity contribution in [2.75, 3.05) is 0 Å². The molecular formula is C28H38F6O3. The van der Waals surface area contributed by atoms with Crippen LogP contribution in [0.25, 0.3) is 0 Å². The summed E-state index contributed by atoms with van der Waals surface area (Å²) < 4.78 is 79.4. The van der Waals surface area contributed by atoms with Gasteiger partial charge in [-0.2, -0.15) is 26.3 Å². The molecule has 0 amide bonds. The van der Waals surface area contributed by atoms with Gasteiger partial charge in [0, 0.05) is 12.3 Å². The molecule has 3 nitrogen and oxygen atoms in total. The van der Waals surface area contributed by atoms with E-state index in [4.69, 9.17) is 0 Å². The largest absolute Gasteiger partial charge is 0.426 e. The number of aliphatic hydroxyl groups excluding tert-OH is 2. The van der Waals surface area contributed by atoms with E-state index in [-0.39, 0.29) is 29.6 Å². The minimum atomic E-state index is -5.85. The summed E-state index contributed by atoms with van der Waals surface area (Å²) in [5, 5.41) is 29.8. The summed E-state index contributed by atoms with van der Waals surface area (Å²) in [6, 6.07) is 0. The molecule has 3 aliphatic rings. The summed E-state index contributed by atoms with van der Waals surface area (Å²) in [5.74, 6) is -2.17. The van der Waals surface area contributed by atoms with E-state index in [1.165, 1.54) is 11.6 Å². The number of rotatable bonds is 5. The molecule has 3 saturated carbocycles. The van der Waals surface area contributed by atoms with E-state index >= 15 is 0 Å². The van der Waals surface area contributed by atoms with Gasteiger partial charge in [0.15, 0.2) is 0 Å². The number of alkyl halides is 6. The lowest BCUT2D eigenvalue weighted by Crippen LogP contribution is -2.60. The van der Waals surface area contributed by atoms with Crippen LogP contribution in [-0.2, 0) is 0 Å². The molecule has 3 aliphatic carbocycles. The van der Waals surface area contributed by atoms with Crippen molar-refractivity contribution in [1.29, 1.82) is 0 Å². The Morgan fingerprint density at radius 2 is 1.62 bits per heavy atom. The molecule has 0 aromatic rings.